The molecule has 1 aliphatic carbocycles. The van der Waals surface area contributed by atoms with E-state index in [0.29, 0.717) is 0 Å². The molecule has 1 fully saturated rings. The summed E-state index contributed by atoms with van der Waals surface area (Å²) in [5.41, 5.74) is 2.01. The summed E-state index contributed by atoms with van der Waals surface area (Å²) in [5, 5.41) is 9.20. The van der Waals surface area contributed by atoms with E-state index in [4.69, 9.17) is 0 Å². The topological polar surface area (TPSA) is 36.4 Å². The maximum atomic E-state index is 9.20. The van der Waals surface area contributed by atoms with Gasteiger partial charge in [0.05, 0.1) is 6.61 Å². The Bertz CT molecular complexity index is 340. The number of aromatic nitrogens is 1. The number of rotatable bonds is 4. The SMILES string of the molecule is CC1CC1CN(C)c1ccncc1CO. The molecule has 1 aliphatic rings. The van der Waals surface area contributed by atoms with Gasteiger partial charge in [0.1, 0.15) is 0 Å². The average molecular weight is 206 g/mol. The van der Waals surface area contributed by atoms with Crippen molar-refractivity contribution in [2.75, 3.05) is 18.5 Å². The third-order valence-corrected chi connectivity index (χ3v) is 3.24. The molecular formula is C12H18N2O. The van der Waals surface area contributed by atoms with Crippen molar-refractivity contribution in [1.29, 1.82) is 0 Å². The number of aliphatic hydroxyl groups is 1. The molecule has 0 saturated heterocycles. The van der Waals surface area contributed by atoms with Crippen LogP contribution in [0.1, 0.15) is 18.9 Å². The van der Waals surface area contributed by atoms with Gasteiger partial charge in [-0.1, -0.05) is 6.92 Å². The molecule has 0 amide bonds. The minimum atomic E-state index is 0.0632. The fraction of sp³-hybridized carbons (Fsp3) is 0.583. The summed E-state index contributed by atoms with van der Waals surface area (Å²) in [6.45, 7) is 3.43. The summed E-state index contributed by atoms with van der Waals surface area (Å²) < 4.78 is 0. The lowest BCUT2D eigenvalue weighted by atomic mass is 10.2. The summed E-state index contributed by atoms with van der Waals surface area (Å²) in [7, 11) is 2.08. The van der Waals surface area contributed by atoms with Gasteiger partial charge in [-0.25, -0.2) is 0 Å². The molecule has 0 spiro atoms. The molecular weight excluding hydrogens is 188 g/mol. The second-order valence-electron chi connectivity index (χ2n) is 4.52. The molecule has 1 aromatic rings. The first-order valence-electron chi connectivity index (χ1n) is 5.47. The standard InChI is InChI=1S/C12H18N2O/c1-9-5-10(9)7-14(2)12-3-4-13-6-11(12)8-15/h3-4,6,9-10,15H,5,7-8H2,1-2H3. The Labute approximate surface area is 90.8 Å². The van der Waals surface area contributed by atoms with Crippen molar-refractivity contribution in [3.05, 3.63) is 24.0 Å². The third kappa shape index (κ3) is 2.29. The fourth-order valence-corrected chi connectivity index (χ4v) is 2.02. The molecule has 2 unspecified atom stereocenters. The predicted octanol–water partition coefficient (Wildman–Crippen LogP) is 1.67. The van der Waals surface area contributed by atoms with E-state index >= 15 is 0 Å². The second-order valence-corrected chi connectivity index (χ2v) is 4.52. The van der Waals surface area contributed by atoms with Crippen LogP contribution in [0.15, 0.2) is 18.5 Å². The van der Waals surface area contributed by atoms with E-state index in [1.807, 2.05) is 6.07 Å². The Hall–Kier alpha value is -1.09. The lowest BCUT2D eigenvalue weighted by Gasteiger charge is -2.21. The Morgan fingerprint density at radius 3 is 2.93 bits per heavy atom. The van der Waals surface area contributed by atoms with Crippen LogP contribution in [-0.4, -0.2) is 23.7 Å². The van der Waals surface area contributed by atoms with Gasteiger partial charge < -0.3 is 10.0 Å². The minimum absolute atomic E-state index is 0.0632. The molecule has 2 rings (SSSR count). The highest BCUT2D eigenvalue weighted by molar-refractivity contribution is 5.51. The van der Waals surface area contributed by atoms with Crippen molar-refractivity contribution < 1.29 is 5.11 Å². The lowest BCUT2D eigenvalue weighted by Crippen LogP contribution is -2.21. The summed E-state index contributed by atoms with van der Waals surface area (Å²) in [6.07, 6.45) is 4.85. The second kappa shape index (κ2) is 4.19. The van der Waals surface area contributed by atoms with Crippen molar-refractivity contribution in [2.24, 2.45) is 11.8 Å². The minimum Gasteiger partial charge on any atom is -0.392 e. The molecule has 15 heavy (non-hydrogen) atoms. The Balaban J connectivity index is 2.06. The Morgan fingerprint density at radius 2 is 2.33 bits per heavy atom. The first kappa shape index (κ1) is 10.4. The highest BCUT2D eigenvalue weighted by Gasteiger charge is 2.33. The monoisotopic (exact) mass is 206 g/mol. The van der Waals surface area contributed by atoms with Crippen molar-refractivity contribution in [3.8, 4) is 0 Å². The van der Waals surface area contributed by atoms with E-state index in [-0.39, 0.29) is 6.61 Å². The van der Waals surface area contributed by atoms with Gasteiger partial charge in [0, 0.05) is 37.2 Å². The van der Waals surface area contributed by atoms with Gasteiger partial charge in [0.25, 0.3) is 0 Å². The highest BCUT2D eigenvalue weighted by atomic mass is 16.3. The quantitative estimate of drug-likeness (QED) is 0.814. The first-order valence-corrected chi connectivity index (χ1v) is 5.47. The summed E-state index contributed by atoms with van der Waals surface area (Å²) in [4.78, 5) is 6.25. The number of anilines is 1. The first-order chi connectivity index (χ1) is 7.22. The number of pyridine rings is 1. The van der Waals surface area contributed by atoms with Gasteiger partial charge in [0.2, 0.25) is 0 Å². The zero-order valence-corrected chi connectivity index (χ0v) is 9.35. The van der Waals surface area contributed by atoms with E-state index in [0.717, 1.165) is 29.6 Å². The van der Waals surface area contributed by atoms with Crippen LogP contribution in [0.3, 0.4) is 0 Å². The molecule has 82 valence electrons. The molecule has 2 atom stereocenters. The number of hydrogen-bond donors (Lipinski definition) is 1. The van der Waals surface area contributed by atoms with Crippen LogP contribution in [-0.2, 0) is 6.61 Å². The van der Waals surface area contributed by atoms with Crippen LogP contribution in [0.5, 0.6) is 0 Å². The van der Waals surface area contributed by atoms with Crippen LogP contribution >= 0.6 is 0 Å². The van der Waals surface area contributed by atoms with Crippen molar-refractivity contribution in [2.45, 2.75) is 20.0 Å². The maximum Gasteiger partial charge on any atom is 0.0717 e. The number of hydrogen-bond acceptors (Lipinski definition) is 3. The molecule has 1 N–H and O–H groups in total. The van der Waals surface area contributed by atoms with Gasteiger partial charge in [-0.15, -0.1) is 0 Å². The molecule has 1 saturated carbocycles. The van der Waals surface area contributed by atoms with E-state index in [9.17, 15) is 5.11 Å². The van der Waals surface area contributed by atoms with Gasteiger partial charge in [-0.3, -0.25) is 4.98 Å². The normalized spacial score (nSPS) is 23.9. The Morgan fingerprint density at radius 1 is 1.60 bits per heavy atom. The van der Waals surface area contributed by atoms with Crippen LogP contribution in [0.2, 0.25) is 0 Å². The molecule has 3 nitrogen and oxygen atoms in total. The average Bonchev–Trinajstić information content (AvgIpc) is 2.94. The number of nitrogens with zero attached hydrogens (tertiary/aromatic N) is 2. The van der Waals surface area contributed by atoms with E-state index in [2.05, 4.69) is 23.9 Å². The predicted molar refractivity (Wildman–Crippen MR) is 60.7 cm³/mol. The molecule has 0 aromatic carbocycles. The zero-order valence-electron chi connectivity index (χ0n) is 9.35. The van der Waals surface area contributed by atoms with Crippen LogP contribution in [0, 0.1) is 11.8 Å². The molecule has 1 aromatic heterocycles. The van der Waals surface area contributed by atoms with E-state index in [1.165, 1.54) is 6.42 Å². The number of aliphatic hydroxyl groups excluding tert-OH is 1. The zero-order chi connectivity index (χ0) is 10.8. The van der Waals surface area contributed by atoms with Gasteiger partial charge in [0.15, 0.2) is 0 Å². The van der Waals surface area contributed by atoms with Crippen molar-refractivity contribution in [3.63, 3.8) is 0 Å². The highest BCUT2D eigenvalue weighted by Crippen LogP contribution is 2.38. The third-order valence-electron chi connectivity index (χ3n) is 3.24. The van der Waals surface area contributed by atoms with Crippen molar-refractivity contribution in [1.82, 2.24) is 4.98 Å². The van der Waals surface area contributed by atoms with Crippen LogP contribution in [0.4, 0.5) is 5.69 Å². The molecule has 0 aliphatic heterocycles. The fourth-order valence-electron chi connectivity index (χ4n) is 2.02. The van der Waals surface area contributed by atoms with Gasteiger partial charge in [-0.05, 0) is 24.3 Å². The summed E-state index contributed by atoms with van der Waals surface area (Å²) >= 11 is 0. The molecule has 0 radical (unpaired) electrons. The van der Waals surface area contributed by atoms with Gasteiger partial charge >= 0.3 is 0 Å². The van der Waals surface area contributed by atoms with E-state index in [1.54, 1.807) is 12.4 Å². The van der Waals surface area contributed by atoms with E-state index < -0.39 is 0 Å². The smallest absolute Gasteiger partial charge is 0.0717 e. The molecule has 3 heteroatoms. The molecule has 0 bridgehead atoms. The summed E-state index contributed by atoms with van der Waals surface area (Å²) in [5.74, 6) is 1.70. The van der Waals surface area contributed by atoms with Crippen molar-refractivity contribution >= 4 is 5.69 Å². The summed E-state index contributed by atoms with van der Waals surface area (Å²) in [6, 6.07) is 1.97. The van der Waals surface area contributed by atoms with Crippen LogP contribution in [0.25, 0.3) is 0 Å². The van der Waals surface area contributed by atoms with Gasteiger partial charge in [-0.2, -0.15) is 0 Å². The van der Waals surface area contributed by atoms with Crippen LogP contribution < -0.4 is 4.90 Å². The molecule has 1 heterocycles. The Kier molecular flexibility index (Phi) is 2.91. The maximum absolute atomic E-state index is 9.20. The largest absolute Gasteiger partial charge is 0.392 e. The lowest BCUT2D eigenvalue weighted by molar-refractivity contribution is 0.281.